The Morgan fingerprint density at radius 3 is 2.54 bits per heavy atom. The molecule has 140 valence electrons. The largest absolute Gasteiger partial charge is 0.476 e. The molecule has 3 aliphatic rings. The molecule has 3 fully saturated rings. The van der Waals surface area contributed by atoms with Crippen molar-refractivity contribution in [3.63, 3.8) is 0 Å². The fourth-order valence-electron chi connectivity index (χ4n) is 3.04. The van der Waals surface area contributed by atoms with Crippen molar-refractivity contribution in [1.82, 2.24) is 20.6 Å². The molecule has 1 aromatic heterocycles. The normalized spacial score (nSPS) is 20.3. The standard InChI is InChI=1S/C19H26N4O3/c1-20-17(24)14(8-11-2-3-11)22-18(25)15-9-21-16(13-6-7-13)19(23-15)26-10-12-4-5-12/h9,11-14H,2-8,10H2,1H3,(H,20,24)(H,22,25). The van der Waals surface area contributed by atoms with Crippen LogP contribution >= 0.6 is 0 Å². The van der Waals surface area contributed by atoms with Gasteiger partial charge in [0.1, 0.15) is 17.4 Å². The molecule has 26 heavy (non-hydrogen) atoms. The molecule has 3 saturated carbocycles. The zero-order chi connectivity index (χ0) is 18.1. The molecule has 7 nitrogen and oxygen atoms in total. The number of likely N-dealkylation sites (N-methyl/N-ethyl adjacent to an activating group) is 1. The number of amides is 2. The Balaban J connectivity index is 1.46. The van der Waals surface area contributed by atoms with Crippen LogP contribution in [0.2, 0.25) is 0 Å². The third-order valence-corrected chi connectivity index (χ3v) is 5.25. The van der Waals surface area contributed by atoms with Gasteiger partial charge in [0.25, 0.3) is 5.91 Å². The molecule has 2 N–H and O–H groups in total. The minimum Gasteiger partial charge on any atom is -0.476 e. The van der Waals surface area contributed by atoms with Crippen molar-refractivity contribution in [1.29, 1.82) is 0 Å². The van der Waals surface area contributed by atoms with E-state index in [-0.39, 0.29) is 17.5 Å². The molecule has 2 amide bonds. The molecule has 4 rings (SSSR count). The van der Waals surface area contributed by atoms with Crippen molar-refractivity contribution >= 4 is 11.8 Å². The smallest absolute Gasteiger partial charge is 0.272 e. The zero-order valence-electron chi connectivity index (χ0n) is 15.2. The Morgan fingerprint density at radius 1 is 1.19 bits per heavy atom. The molecule has 1 heterocycles. The highest BCUT2D eigenvalue weighted by Gasteiger charge is 2.33. The van der Waals surface area contributed by atoms with E-state index in [1.807, 2.05) is 0 Å². The third-order valence-electron chi connectivity index (χ3n) is 5.25. The molecular formula is C19H26N4O3. The summed E-state index contributed by atoms with van der Waals surface area (Å²) >= 11 is 0. The molecule has 0 aromatic carbocycles. The van der Waals surface area contributed by atoms with E-state index in [0.717, 1.165) is 31.4 Å². The van der Waals surface area contributed by atoms with E-state index in [0.29, 0.717) is 36.7 Å². The van der Waals surface area contributed by atoms with Crippen LogP contribution in [0.5, 0.6) is 5.88 Å². The van der Waals surface area contributed by atoms with Gasteiger partial charge in [-0.15, -0.1) is 0 Å². The van der Waals surface area contributed by atoms with E-state index in [1.54, 1.807) is 7.05 Å². The molecule has 0 saturated heterocycles. The number of nitrogens with zero attached hydrogens (tertiary/aromatic N) is 2. The van der Waals surface area contributed by atoms with Gasteiger partial charge in [-0.2, -0.15) is 0 Å². The van der Waals surface area contributed by atoms with E-state index in [9.17, 15) is 9.59 Å². The summed E-state index contributed by atoms with van der Waals surface area (Å²) in [5.41, 5.74) is 1.08. The molecule has 7 heteroatoms. The van der Waals surface area contributed by atoms with E-state index in [4.69, 9.17) is 4.74 Å². The lowest BCUT2D eigenvalue weighted by atomic mass is 10.1. The van der Waals surface area contributed by atoms with Crippen LogP contribution in [0.15, 0.2) is 6.20 Å². The van der Waals surface area contributed by atoms with Gasteiger partial charge >= 0.3 is 0 Å². The molecule has 1 aromatic rings. The predicted molar refractivity (Wildman–Crippen MR) is 94.9 cm³/mol. The summed E-state index contributed by atoms with van der Waals surface area (Å²) in [6.07, 6.45) is 9.01. The summed E-state index contributed by atoms with van der Waals surface area (Å²) in [5.74, 6) is 1.49. The van der Waals surface area contributed by atoms with E-state index in [1.165, 1.54) is 19.0 Å². The summed E-state index contributed by atoms with van der Waals surface area (Å²) in [6, 6.07) is -0.527. The number of aromatic nitrogens is 2. The summed E-state index contributed by atoms with van der Waals surface area (Å²) < 4.78 is 5.87. The monoisotopic (exact) mass is 358 g/mol. The van der Waals surface area contributed by atoms with Crippen LogP contribution < -0.4 is 15.4 Å². The Morgan fingerprint density at radius 2 is 1.92 bits per heavy atom. The number of nitrogens with one attached hydrogen (secondary N) is 2. The lowest BCUT2D eigenvalue weighted by Gasteiger charge is -2.17. The maximum atomic E-state index is 12.6. The van der Waals surface area contributed by atoms with Crippen LogP contribution in [0.3, 0.4) is 0 Å². The molecule has 0 radical (unpaired) electrons. The van der Waals surface area contributed by atoms with Crippen LogP contribution in [-0.2, 0) is 4.79 Å². The topological polar surface area (TPSA) is 93.2 Å². The quantitative estimate of drug-likeness (QED) is 0.702. The number of carbonyl (C=O) groups is 2. The summed E-state index contributed by atoms with van der Waals surface area (Å²) in [7, 11) is 1.59. The molecule has 1 unspecified atom stereocenters. The Hall–Kier alpha value is -2.18. The van der Waals surface area contributed by atoms with Crippen LogP contribution in [-0.4, -0.2) is 41.5 Å². The minimum absolute atomic E-state index is 0.169. The van der Waals surface area contributed by atoms with Gasteiger partial charge in [-0.05, 0) is 43.9 Å². The van der Waals surface area contributed by atoms with Crippen molar-refractivity contribution in [2.24, 2.45) is 11.8 Å². The van der Waals surface area contributed by atoms with Crippen LogP contribution in [0.25, 0.3) is 0 Å². The van der Waals surface area contributed by atoms with Crippen LogP contribution in [0.4, 0.5) is 0 Å². The van der Waals surface area contributed by atoms with E-state index < -0.39 is 6.04 Å². The molecule has 0 bridgehead atoms. The fourth-order valence-corrected chi connectivity index (χ4v) is 3.04. The minimum atomic E-state index is -0.527. The highest BCUT2D eigenvalue weighted by molar-refractivity contribution is 5.96. The highest BCUT2D eigenvalue weighted by Crippen LogP contribution is 2.43. The van der Waals surface area contributed by atoms with Gasteiger partial charge in [-0.25, -0.2) is 4.98 Å². The van der Waals surface area contributed by atoms with Crippen molar-refractivity contribution < 1.29 is 14.3 Å². The number of carbonyl (C=O) groups excluding carboxylic acids is 2. The van der Waals surface area contributed by atoms with Gasteiger partial charge in [0.2, 0.25) is 11.8 Å². The Kier molecular flexibility index (Phi) is 4.78. The van der Waals surface area contributed by atoms with Crippen molar-refractivity contribution in [2.45, 2.75) is 56.9 Å². The second-order valence-corrected chi connectivity index (χ2v) is 7.79. The van der Waals surface area contributed by atoms with E-state index in [2.05, 4.69) is 20.6 Å². The SMILES string of the molecule is CNC(=O)C(CC1CC1)NC(=O)c1cnc(C2CC2)c(OCC2CC2)n1. The van der Waals surface area contributed by atoms with Crippen molar-refractivity contribution in [2.75, 3.05) is 13.7 Å². The number of hydrogen-bond donors (Lipinski definition) is 2. The first-order valence-corrected chi connectivity index (χ1v) is 9.66. The van der Waals surface area contributed by atoms with Crippen LogP contribution in [0, 0.1) is 11.8 Å². The second kappa shape index (κ2) is 7.21. The Bertz CT molecular complexity index is 696. The lowest BCUT2D eigenvalue weighted by Crippen LogP contribution is -2.46. The Labute approximate surface area is 153 Å². The zero-order valence-corrected chi connectivity index (χ0v) is 15.2. The number of ether oxygens (including phenoxy) is 1. The molecule has 0 spiro atoms. The van der Waals surface area contributed by atoms with Gasteiger partial charge in [0.15, 0.2) is 0 Å². The first-order chi connectivity index (χ1) is 12.6. The maximum absolute atomic E-state index is 12.6. The van der Waals surface area contributed by atoms with Gasteiger partial charge in [0.05, 0.1) is 12.8 Å². The first kappa shape index (κ1) is 17.2. The van der Waals surface area contributed by atoms with Gasteiger partial charge in [-0.1, -0.05) is 12.8 Å². The molecular weight excluding hydrogens is 332 g/mol. The van der Waals surface area contributed by atoms with E-state index >= 15 is 0 Å². The maximum Gasteiger partial charge on any atom is 0.272 e. The highest BCUT2D eigenvalue weighted by atomic mass is 16.5. The third kappa shape index (κ3) is 4.31. The van der Waals surface area contributed by atoms with Gasteiger partial charge < -0.3 is 15.4 Å². The summed E-state index contributed by atoms with van der Waals surface area (Å²) in [6.45, 7) is 0.641. The van der Waals surface area contributed by atoms with Gasteiger partial charge in [-0.3, -0.25) is 14.6 Å². The van der Waals surface area contributed by atoms with Crippen LogP contribution in [0.1, 0.15) is 67.0 Å². The average molecular weight is 358 g/mol. The summed E-state index contributed by atoms with van der Waals surface area (Å²) in [5, 5.41) is 5.44. The number of hydrogen-bond acceptors (Lipinski definition) is 5. The van der Waals surface area contributed by atoms with Gasteiger partial charge in [0, 0.05) is 13.0 Å². The van der Waals surface area contributed by atoms with Crippen molar-refractivity contribution in [3.05, 3.63) is 17.6 Å². The first-order valence-electron chi connectivity index (χ1n) is 9.66. The molecule has 1 atom stereocenters. The van der Waals surface area contributed by atoms with Crippen molar-refractivity contribution in [3.8, 4) is 5.88 Å². The predicted octanol–water partition coefficient (Wildman–Crippen LogP) is 1.79. The fraction of sp³-hybridized carbons (Fsp3) is 0.684. The second-order valence-electron chi connectivity index (χ2n) is 7.79. The molecule has 0 aliphatic heterocycles. The summed E-state index contributed by atoms with van der Waals surface area (Å²) in [4.78, 5) is 33.6. The number of rotatable bonds is 9. The lowest BCUT2D eigenvalue weighted by molar-refractivity contribution is -0.122. The molecule has 3 aliphatic carbocycles. The average Bonchev–Trinajstić information content (AvgIpc) is 3.48.